The quantitative estimate of drug-likeness (QED) is 0.798. The fraction of sp³-hybridized carbons (Fsp3) is 0.636. The Morgan fingerprint density at radius 1 is 1.73 bits per heavy atom. The van der Waals surface area contributed by atoms with Crippen molar-refractivity contribution in [3.05, 3.63) is 18.0 Å². The molecule has 2 atom stereocenters. The zero-order valence-corrected chi connectivity index (χ0v) is 8.89. The van der Waals surface area contributed by atoms with Crippen molar-refractivity contribution >= 4 is 5.97 Å². The van der Waals surface area contributed by atoms with Crippen molar-refractivity contribution in [2.45, 2.75) is 32.7 Å². The number of hydrogen-bond donors (Lipinski definition) is 1. The van der Waals surface area contributed by atoms with Crippen LogP contribution in [0.4, 0.5) is 0 Å². The molecular formula is C11H16N2O2. The number of hydrogen-bond acceptors (Lipinski definition) is 2. The zero-order chi connectivity index (χ0) is 10.8. The average molecular weight is 208 g/mol. The Morgan fingerprint density at radius 2 is 2.53 bits per heavy atom. The first-order chi connectivity index (χ1) is 7.20. The van der Waals surface area contributed by atoms with Gasteiger partial charge < -0.3 is 5.11 Å². The van der Waals surface area contributed by atoms with E-state index in [0.29, 0.717) is 5.92 Å². The van der Waals surface area contributed by atoms with E-state index < -0.39 is 5.97 Å². The molecule has 1 aliphatic carbocycles. The lowest BCUT2D eigenvalue weighted by molar-refractivity contribution is -0.138. The van der Waals surface area contributed by atoms with Crippen molar-refractivity contribution in [1.29, 1.82) is 0 Å². The van der Waals surface area contributed by atoms with Gasteiger partial charge in [-0.05, 0) is 30.7 Å². The number of carboxylic acids is 1. The van der Waals surface area contributed by atoms with E-state index in [1.807, 2.05) is 17.1 Å². The maximum absolute atomic E-state index is 10.6. The summed E-state index contributed by atoms with van der Waals surface area (Å²) in [5, 5.41) is 13.0. The number of nitrogens with zero attached hydrogens (tertiary/aromatic N) is 2. The third-order valence-electron chi connectivity index (χ3n) is 2.88. The highest BCUT2D eigenvalue weighted by Gasteiger charge is 2.42. The molecule has 0 spiro atoms. The summed E-state index contributed by atoms with van der Waals surface area (Å²) in [7, 11) is 0. The van der Waals surface area contributed by atoms with Crippen LogP contribution in [0.1, 0.15) is 25.3 Å². The number of carbonyl (C=O) groups is 1. The normalized spacial score (nSPS) is 24.1. The molecule has 0 radical (unpaired) electrons. The van der Waals surface area contributed by atoms with E-state index in [0.717, 1.165) is 31.4 Å². The molecule has 1 aliphatic rings. The van der Waals surface area contributed by atoms with Crippen LogP contribution in [0.2, 0.25) is 0 Å². The van der Waals surface area contributed by atoms with Crippen LogP contribution in [0.5, 0.6) is 0 Å². The lowest BCUT2D eigenvalue weighted by Crippen LogP contribution is -2.00. The molecule has 0 bridgehead atoms. The Hall–Kier alpha value is -1.32. The molecule has 1 aromatic rings. The van der Waals surface area contributed by atoms with Gasteiger partial charge in [-0.1, -0.05) is 6.92 Å². The van der Waals surface area contributed by atoms with Crippen molar-refractivity contribution in [2.24, 2.45) is 11.8 Å². The van der Waals surface area contributed by atoms with Crippen molar-refractivity contribution in [3.63, 3.8) is 0 Å². The SMILES string of the molecule is CCCn1cc(C[C@@H]2C[C@@H]2C(=O)O)cn1. The first kappa shape index (κ1) is 10.2. The van der Waals surface area contributed by atoms with Gasteiger partial charge in [0.25, 0.3) is 0 Å². The maximum atomic E-state index is 10.6. The molecule has 2 rings (SSSR count). The highest BCUT2D eigenvalue weighted by Crippen LogP contribution is 2.41. The van der Waals surface area contributed by atoms with Gasteiger partial charge >= 0.3 is 5.97 Å². The predicted octanol–water partition coefficient (Wildman–Crippen LogP) is 1.56. The molecule has 0 amide bonds. The van der Waals surface area contributed by atoms with E-state index in [1.165, 1.54) is 0 Å². The van der Waals surface area contributed by atoms with Gasteiger partial charge in [0, 0.05) is 12.7 Å². The summed E-state index contributed by atoms with van der Waals surface area (Å²) in [5.74, 6) is -0.428. The van der Waals surface area contributed by atoms with E-state index in [1.54, 1.807) is 0 Å². The van der Waals surface area contributed by atoms with Crippen LogP contribution in [0.3, 0.4) is 0 Å². The molecule has 1 heterocycles. The summed E-state index contributed by atoms with van der Waals surface area (Å²) in [6, 6.07) is 0. The number of aryl methyl sites for hydroxylation is 1. The van der Waals surface area contributed by atoms with Crippen LogP contribution in [-0.4, -0.2) is 20.9 Å². The van der Waals surface area contributed by atoms with Crippen LogP contribution in [0, 0.1) is 11.8 Å². The largest absolute Gasteiger partial charge is 0.481 e. The highest BCUT2D eigenvalue weighted by molar-refractivity contribution is 5.73. The van der Waals surface area contributed by atoms with Gasteiger partial charge in [-0.25, -0.2) is 0 Å². The zero-order valence-electron chi connectivity index (χ0n) is 8.89. The van der Waals surface area contributed by atoms with Crippen LogP contribution in [-0.2, 0) is 17.8 Å². The topological polar surface area (TPSA) is 55.1 Å². The summed E-state index contributed by atoms with van der Waals surface area (Å²) in [6.07, 6.45) is 6.64. The molecule has 0 saturated heterocycles. The van der Waals surface area contributed by atoms with Crippen LogP contribution < -0.4 is 0 Å². The summed E-state index contributed by atoms with van der Waals surface area (Å²) >= 11 is 0. The lowest BCUT2D eigenvalue weighted by Gasteiger charge is -1.95. The number of rotatable bonds is 5. The second-order valence-corrected chi connectivity index (χ2v) is 4.26. The summed E-state index contributed by atoms with van der Waals surface area (Å²) in [5.41, 5.74) is 1.16. The molecule has 1 N–H and O–H groups in total. The van der Waals surface area contributed by atoms with Crippen molar-refractivity contribution in [3.8, 4) is 0 Å². The second-order valence-electron chi connectivity index (χ2n) is 4.26. The summed E-state index contributed by atoms with van der Waals surface area (Å²) < 4.78 is 1.92. The number of carboxylic acid groups (broad SMARTS) is 1. The Labute approximate surface area is 88.9 Å². The fourth-order valence-corrected chi connectivity index (χ4v) is 1.94. The minimum Gasteiger partial charge on any atom is -0.481 e. The molecule has 1 saturated carbocycles. The summed E-state index contributed by atoms with van der Waals surface area (Å²) in [4.78, 5) is 10.6. The Bertz CT molecular complexity index is 359. The van der Waals surface area contributed by atoms with Gasteiger partial charge in [0.05, 0.1) is 12.1 Å². The van der Waals surface area contributed by atoms with E-state index in [4.69, 9.17) is 5.11 Å². The minimum absolute atomic E-state index is 0.112. The molecule has 1 fully saturated rings. The first-order valence-electron chi connectivity index (χ1n) is 5.45. The van der Waals surface area contributed by atoms with Gasteiger partial charge in [-0.15, -0.1) is 0 Å². The molecule has 4 heteroatoms. The van der Waals surface area contributed by atoms with Gasteiger partial charge in [0.2, 0.25) is 0 Å². The van der Waals surface area contributed by atoms with Crippen LogP contribution in [0.25, 0.3) is 0 Å². The second kappa shape index (κ2) is 4.04. The third kappa shape index (κ3) is 2.37. The van der Waals surface area contributed by atoms with Gasteiger partial charge in [-0.2, -0.15) is 5.10 Å². The van der Waals surface area contributed by atoms with Crippen LogP contribution in [0.15, 0.2) is 12.4 Å². The van der Waals surface area contributed by atoms with Crippen molar-refractivity contribution in [2.75, 3.05) is 0 Å². The molecule has 82 valence electrons. The van der Waals surface area contributed by atoms with Gasteiger partial charge in [0.1, 0.15) is 0 Å². The third-order valence-corrected chi connectivity index (χ3v) is 2.88. The monoisotopic (exact) mass is 208 g/mol. The molecule has 15 heavy (non-hydrogen) atoms. The smallest absolute Gasteiger partial charge is 0.306 e. The van der Waals surface area contributed by atoms with E-state index in [9.17, 15) is 4.79 Å². The fourth-order valence-electron chi connectivity index (χ4n) is 1.94. The standard InChI is InChI=1S/C11H16N2O2/c1-2-3-13-7-8(6-12-13)4-9-5-10(9)11(14)15/h6-7,9-10H,2-5H2,1H3,(H,14,15)/t9-,10+/m1/s1. The molecule has 0 unspecified atom stereocenters. The molecular weight excluding hydrogens is 192 g/mol. The van der Waals surface area contributed by atoms with E-state index in [2.05, 4.69) is 12.0 Å². The number of aromatic nitrogens is 2. The Balaban J connectivity index is 1.87. The van der Waals surface area contributed by atoms with Crippen molar-refractivity contribution in [1.82, 2.24) is 9.78 Å². The summed E-state index contributed by atoms with van der Waals surface area (Å²) in [6.45, 7) is 3.05. The van der Waals surface area contributed by atoms with Gasteiger partial charge in [0.15, 0.2) is 0 Å². The Kier molecular flexibility index (Phi) is 2.75. The molecule has 1 aromatic heterocycles. The lowest BCUT2D eigenvalue weighted by atomic mass is 10.1. The average Bonchev–Trinajstić information content (AvgIpc) is 2.81. The molecule has 0 aromatic carbocycles. The van der Waals surface area contributed by atoms with Crippen molar-refractivity contribution < 1.29 is 9.90 Å². The molecule has 0 aliphatic heterocycles. The Morgan fingerprint density at radius 3 is 3.13 bits per heavy atom. The number of aliphatic carboxylic acids is 1. The highest BCUT2D eigenvalue weighted by atomic mass is 16.4. The van der Waals surface area contributed by atoms with Crippen LogP contribution >= 0.6 is 0 Å². The first-order valence-corrected chi connectivity index (χ1v) is 5.45. The molecule has 4 nitrogen and oxygen atoms in total. The predicted molar refractivity (Wildman–Crippen MR) is 55.5 cm³/mol. The van der Waals surface area contributed by atoms with Gasteiger partial charge in [-0.3, -0.25) is 9.48 Å². The van der Waals surface area contributed by atoms with E-state index >= 15 is 0 Å². The minimum atomic E-state index is -0.652. The maximum Gasteiger partial charge on any atom is 0.306 e. The van der Waals surface area contributed by atoms with E-state index in [-0.39, 0.29) is 5.92 Å².